The molecule has 0 bridgehead atoms. The number of azo groups is 4. The number of hydrogen-bond donors (Lipinski definition) is 0. The molecule has 0 N–H and O–H groups in total. The van der Waals surface area contributed by atoms with E-state index in [0.29, 0.717) is 29.3 Å². The van der Waals surface area contributed by atoms with Gasteiger partial charge < -0.3 is 32.5 Å². The van der Waals surface area contributed by atoms with Crippen LogP contribution in [0.2, 0.25) is 0 Å². The van der Waals surface area contributed by atoms with Gasteiger partial charge in [-0.3, -0.25) is 0 Å². The van der Waals surface area contributed by atoms with E-state index in [-0.39, 0.29) is 249 Å². The molecule has 0 aliphatic carbocycles. The molecule has 0 unspecified atom stereocenters. The van der Waals surface area contributed by atoms with Gasteiger partial charge in [-0.1, -0.05) is 41.3 Å². The monoisotopic (exact) mass is 1350 g/mol. The van der Waals surface area contributed by atoms with E-state index < -0.39 is 101 Å². The van der Waals surface area contributed by atoms with Gasteiger partial charge in [-0.25, -0.2) is 50.5 Å². The van der Waals surface area contributed by atoms with Crippen molar-refractivity contribution in [3.05, 3.63) is 161 Å². The van der Waals surface area contributed by atoms with Gasteiger partial charge in [-0.05, 0) is 133 Å². The predicted molar refractivity (Wildman–Crippen MR) is 278 cm³/mol. The van der Waals surface area contributed by atoms with Gasteiger partial charge in [0.15, 0.2) is 0 Å². The first-order chi connectivity index (χ1) is 37.6. The van der Waals surface area contributed by atoms with Crippen molar-refractivity contribution in [1.29, 1.82) is 0 Å². The third-order valence-corrected chi connectivity index (χ3v) is 16.8. The number of benzene rings is 8. The molecule has 8 aromatic rings. The Labute approximate surface area is 630 Å². The third-order valence-electron chi connectivity index (χ3n) is 11.5. The Morgan fingerprint density at radius 2 is 0.690 bits per heavy atom. The molecule has 0 aromatic heterocycles. The van der Waals surface area contributed by atoms with Crippen LogP contribution in [0.5, 0.6) is 0 Å². The van der Waals surface area contributed by atoms with E-state index >= 15 is 0 Å². The van der Waals surface area contributed by atoms with Crippen LogP contribution in [0.1, 0.15) is 22.3 Å². The fraction of sp³-hybridized carbons (Fsp3) is 0.0417. The van der Waals surface area contributed by atoms with Crippen LogP contribution in [0.25, 0.3) is 33.7 Å². The SMILES string of the molecule is Cc1cc(N=Nc2ccc(/C=C/c3ccc([N+]([O-])=Nc4ccc(N=Nc5cc(S(=O)(=O)[O-])c6cccc(S(=O)(=O)[O-])c6c5)c(C)c4)cc3S(=O)(=O)[O-])c(S(=O)(=O)[O-])c2)ccc1N=Nc1ccc2c(S(=O)(=O)[O-])ccc(S(=O)(=O)[O-])c2c1.[Na+].[Na+].[Na+].[Na+].[Na+].[Na+]. The largest absolute Gasteiger partial charge is 1.00 e. The Bertz CT molecular complexity index is 4890. The molecule has 0 aliphatic heterocycles. The molecule has 87 heavy (non-hydrogen) atoms. The van der Waals surface area contributed by atoms with Crippen LogP contribution in [0, 0.1) is 19.1 Å². The van der Waals surface area contributed by atoms with Gasteiger partial charge in [-0.2, -0.15) is 30.7 Å². The van der Waals surface area contributed by atoms with E-state index in [1.165, 1.54) is 55.5 Å². The summed E-state index contributed by atoms with van der Waals surface area (Å²) in [6.45, 7) is 3.08. The maximum Gasteiger partial charge on any atom is 1.00 e. The van der Waals surface area contributed by atoms with Crippen LogP contribution in [-0.2, 0) is 60.7 Å². The van der Waals surface area contributed by atoms with E-state index in [0.717, 1.165) is 78.9 Å². The van der Waals surface area contributed by atoms with Crippen LogP contribution in [-0.4, -0.2) is 82.7 Å². The van der Waals surface area contributed by atoms with Crippen molar-refractivity contribution in [2.75, 3.05) is 0 Å². The van der Waals surface area contributed by atoms with Crippen molar-refractivity contribution in [2.45, 2.75) is 43.2 Å². The first-order valence-corrected chi connectivity index (χ1v) is 30.6. The molecular weight excluding hydrogens is 1320 g/mol. The number of nitrogens with zero attached hydrogens (tertiary/aromatic N) is 8. The van der Waals surface area contributed by atoms with E-state index in [2.05, 4.69) is 35.8 Å². The standard InChI is InChI=1S/C48H36N8O19S6.6Na/c1-27-20-31(12-16-41(27)53-51-32-11-15-38-39(22-32)45(78(64,65)66)19-18-44(38)77(61,62)63)49-50-33-10-8-29(46(24-33)79(67,68)69)6-7-30-9-14-36(26-47(30)80(70,71)72)56(57)55-34-13-17-42(28(2)21-34)54-52-35-23-40-37(48(25-35)81(73,74)75)4-3-5-43(40)76(58,59)60;;;;;;/h3-26H,1-2H3,(H,58,59,60)(H,61,62,63)(H,64,65,66)(H,67,68,69)(H,70,71,72)(H,73,74,75);;;;;;/q;6*+1/p-6/b7-6+,50-49?,53-51?,54-52?,56-55?;;;;;;. The molecular formula is C48H30N8Na6O19S6. The van der Waals surface area contributed by atoms with Crippen molar-refractivity contribution >= 4 is 140 Å². The summed E-state index contributed by atoms with van der Waals surface area (Å²) >= 11 is 0. The minimum absolute atomic E-state index is 0. The molecule has 8 rings (SSSR count). The van der Waals surface area contributed by atoms with E-state index in [1.807, 2.05) is 0 Å². The Hall–Kier alpha value is -2.32. The van der Waals surface area contributed by atoms with Crippen molar-refractivity contribution in [2.24, 2.45) is 35.8 Å². The fourth-order valence-electron chi connectivity index (χ4n) is 7.82. The Morgan fingerprint density at radius 1 is 0.333 bits per heavy atom. The van der Waals surface area contributed by atoms with Gasteiger partial charge in [0.25, 0.3) is 0 Å². The molecule has 0 saturated carbocycles. The first-order valence-electron chi connectivity index (χ1n) is 22.2. The van der Waals surface area contributed by atoms with Crippen LogP contribution >= 0.6 is 0 Å². The molecule has 418 valence electrons. The summed E-state index contributed by atoms with van der Waals surface area (Å²) in [6.07, 6.45) is 2.02. The maximum atomic E-state index is 13.2. The third kappa shape index (κ3) is 20.3. The van der Waals surface area contributed by atoms with Gasteiger partial charge in [0.05, 0.1) is 63.5 Å². The Kier molecular flexibility index (Phi) is 29.7. The van der Waals surface area contributed by atoms with Crippen molar-refractivity contribution in [3.63, 3.8) is 0 Å². The van der Waals surface area contributed by atoms with Crippen LogP contribution in [0.4, 0.5) is 45.5 Å². The Balaban J connectivity index is 0.00000430. The summed E-state index contributed by atoms with van der Waals surface area (Å²) in [5.74, 6) is 0. The van der Waals surface area contributed by atoms with E-state index in [9.17, 15) is 83.0 Å². The van der Waals surface area contributed by atoms with Gasteiger partial charge in [-0.15, -0.1) is 0 Å². The summed E-state index contributed by atoms with van der Waals surface area (Å²) in [4.78, 5) is -5.03. The topological polar surface area (TPSA) is 456 Å². The minimum Gasteiger partial charge on any atom is -0.744 e. The van der Waals surface area contributed by atoms with Crippen LogP contribution in [0.3, 0.4) is 0 Å². The van der Waals surface area contributed by atoms with Gasteiger partial charge in [0.2, 0.25) is 5.69 Å². The molecule has 0 aliphatic rings. The predicted octanol–water partition coefficient (Wildman–Crippen LogP) is -8.60. The normalized spacial score (nSPS) is 12.5. The molecule has 0 heterocycles. The number of aryl methyl sites for hydroxylation is 2. The average Bonchev–Trinajstić information content (AvgIpc) is 0.870. The second-order valence-corrected chi connectivity index (χ2v) is 25.1. The zero-order valence-corrected chi connectivity index (χ0v) is 63.5. The molecule has 0 saturated heterocycles. The number of rotatable bonds is 16. The van der Waals surface area contributed by atoms with Crippen molar-refractivity contribution in [3.8, 4) is 0 Å². The summed E-state index contributed by atoms with van der Waals surface area (Å²) < 4.78 is 218. The summed E-state index contributed by atoms with van der Waals surface area (Å²) in [7, 11) is -31.2. The maximum absolute atomic E-state index is 13.2. The zero-order chi connectivity index (χ0) is 59.2. The molecule has 0 fully saturated rings. The molecule has 8 aromatic carbocycles. The smallest absolute Gasteiger partial charge is 0.744 e. The second-order valence-electron chi connectivity index (χ2n) is 17.0. The van der Waals surface area contributed by atoms with Gasteiger partial charge >= 0.3 is 177 Å². The molecule has 0 atom stereocenters. The van der Waals surface area contributed by atoms with E-state index in [1.54, 1.807) is 6.92 Å². The molecule has 27 nitrogen and oxygen atoms in total. The van der Waals surface area contributed by atoms with Crippen LogP contribution in [0.15, 0.2) is 199 Å². The number of hydrogen-bond acceptors (Lipinski definition) is 26. The van der Waals surface area contributed by atoms with Crippen molar-refractivity contribution < 1.29 is 260 Å². The zero-order valence-electron chi connectivity index (χ0n) is 46.6. The van der Waals surface area contributed by atoms with E-state index in [4.69, 9.17) is 0 Å². The van der Waals surface area contributed by atoms with Crippen LogP contribution < -0.4 is 177 Å². The van der Waals surface area contributed by atoms with Gasteiger partial charge in [0, 0.05) is 38.8 Å². The summed E-state index contributed by atoms with van der Waals surface area (Å²) in [6, 6.07) is 24.1. The van der Waals surface area contributed by atoms with Crippen molar-refractivity contribution in [1.82, 2.24) is 0 Å². The quantitative estimate of drug-likeness (QED) is 0.0216. The first kappa shape index (κ1) is 80.8. The number of fused-ring (bicyclic) bond motifs is 2. The minimum atomic E-state index is -5.36. The molecule has 0 radical (unpaired) electrons. The molecule has 0 spiro atoms. The molecule has 0 amide bonds. The Morgan fingerprint density at radius 3 is 1.20 bits per heavy atom. The fourth-order valence-corrected chi connectivity index (χ4v) is 11.9. The van der Waals surface area contributed by atoms with Gasteiger partial charge in [0.1, 0.15) is 66.4 Å². The second kappa shape index (κ2) is 32.0. The average molecular weight is 1350 g/mol. The summed E-state index contributed by atoms with van der Waals surface area (Å²) in [5, 5.41) is 39.8. The molecule has 39 heteroatoms. The summed E-state index contributed by atoms with van der Waals surface area (Å²) in [5.41, 5.74) is -0.334.